The van der Waals surface area contributed by atoms with E-state index in [9.17, 15) is 8.42 Å². The number of aliphatic hydroxyl groups is 1. The first-order chi connectivity index (χ1) is 5.02. The lowest BCUT2D eigenvalue weighted by atomic mass is 10.5. The summed E-state index contributed by atoms with van der Waals surface area (Å²) in [5.74, 6) is 0. The van der Waals surface area contributed by atoms with Crippen molar-refractivity contribution in [2.75, 3.05) is 6.61 Å². The molecule has 5 nitrogen and oxygen atoms in total. The fourth-order valence-electron chi connectivity index (χ4n) is 0.376. The molecule has 0 aromatic carbocycles. The van der Waals surface area contributed by atoms with Crippen LogP contribution in [0.15, 0.2) is 0 Å². The summed E-state index contributed by atoms with van der Waals surface area (Å²) in [6, 6.07) is 0. The van der Waals surface area contributed by atoms with Crippen molar-refractivity contribution in [1.29, 1.82) is 0 Å². The second-order valence-electron chi connectivity index (χ2n) is 1.77. The molecule has 1 atom stereocenters. The van der Waals surface area contributed by atoms with Crippen molar-refractivity contribution in [3.8, 4) is 0 Å². The summed E-state index contributed by atoms with van der Waals surface area (Å²) in [5.41, 5.74) is 0. The van der Waals surface area contributed by atoms with Crippen molar-refractivity contribution in [2.24, 2.45) is 0 Å². The Morgan fingerprint density at radius 3 is 2.36 bits per heavy atom. The first kappa shape index (κ1) is 10.8. The number of rotatable bonds is 5. The van der Waals surface area contributed by atoms with Gasteiger partial charge in [-0.05, 0) is 13.3 Å². The first-order valence-electron chi connectivity index (χ1n) is 3.27. The zero-order chi connectivity index (χ0) is 8.91. The van der Waals surface area contributed by atoms with E-state index < -0.39 is 16.7 Å². The van der Waals surface area contributed by atoms with Crippen LogP contribution >= 0.6 is 0 Å². The molecule has 0 radical (unpaired) electrons. The summed E-state index contributed by atoms with van der Waals surface area (Å²) in [5, 5.41) is 8.74. The van der Waals surface area contributed by atoms with Crippen LogP contribution in [0.5, 0.6) is 0 Å². The molecular weight excluding hydrogens is 172 g/mol. The van der Waals surface area contributed by atoms with Gasteiger partial charge in [0, 0.05) is 0 Å². The second kappa shape index (κ2) is 4.66. The van der Waals surface area contributed by atoms with Gasteiger partial charge < -0.3 is 5.11 Å². The zero-order valence-corrected chi connectivity index (χ0v) is 7.30. The van der Waals surface area contributed by atoms with Crippen LogP contribution in [0.4, 0.5) is 0 Å². The standard InChI is InChI=1S/C5H12O5S/c1-3-5(6)10-11(7,8)9-4-2/h5-6H,3-4H2,1-2H3. The molecule has 0 aliphatic heterocycles. The Morgan fingerprint density at radius 2 is 2.00 bits per heavy atom. The third-order valence-corrected chi connectivity index (χ3v) is 1.82. The molecule has 0 heterocycles. The molecular formula is C5H12O5S. The normalized spacial score (nSPS) is 14.8. The van der Waals surface area contributed by atoms with Crippen molar-refractivity contribution in [1.82, 2.24) is 0 Å². The Labute approximate surface area is 66.3 Å². The fraction of sp³-hybridized carbons (Fsp3) is 1.00. The van der Waals surface area contributed by atoms with Crippen LogP contribution in [-0.2, 0) is 18.8 Å². The lowest BCUT2D eigenvalue weighted by Crippen LogP contribution is -2.18. The summed E-state index contributed by atoms with van der Waals surface area (Å²) in [4.78, 5) is 0. The molecule has 0 aromatic rings. The van der Waals surface area contributed by atoms with Gasteiger partial charge in [0.1, 0.15) is 0 Å². The molecule has 0 aromatic heterocycles. The molecule has 68 valence electrons. The SMILES string of the molecule is CCOS(=O)(=O)OC(O)CC. The van der Waals surface area contributed by atoms with E-state index in [4.69, 9.17) is 5.11 Å². The van der Waals surface area contributed by atoms with E-state index in [0.29, 0.717) is 0 Å². The molecule has 0 fully saturated rings. The topological polar surface area (TPSA) is 72.8 Å². The van der Waals surface area contributed by atoms with E-state index >= 15 is 0 Å². The van der Waals surface area contributed by atoms with Gasteiger partial charge in [-0.1, -0.05) is 6.92 Å². The third kappa shape index (κ3) is 5.14. The minimum absolute atomic E-state index is 0.00122. The van der Waals surface area contributed by atoms with E-state index in [2.05, 4.69) is 8.37 Å². The molecule has 0 saturated carbocycles. The maximum Gasteiger partial charge on any atom is 0.402 e. The van der Waals surface area contributed by atoms with Gasteiger partial charge in [-0.25, -0.2) is 8.37 Å². The lowest BCUT2D eigenvalue weighted by molar-refractivity contribution is -0.0248. The predicted octanol–water partition coefficient (Wildman–Crippen LogP) is 0.0127. The van der Waals surface area contributed by atoms with Crippen LogP contribution in [-0.4, -0.2) is 26.4 Å². The van der Waals surface area contributed by atoms with Crippen LogP contribution in [0.25, 0.3) is 0 Å². The zero-order valence-electron chi connectivity index (χ0n) is 6.48. The van der Waals surface area contributed by atoms with Gasteiger partial charge in [-0.3, -0.25) is 0 Å². The van der Waals surface area contributed by atoms with Gasteiger partial charge in [0.2, 0.25) is 0 Å². The average Bonchev–Trinajstić information content (AvgIpc) is 1.86. The van der Waals surface area contributed by atoms with E-state index in [-0.39, 0.29) is 13.0 Å². The molecule has 1 N–H and O–H groups in total. The monoisotopic (exact) mass is 184 g/mol. The molecule has 0 rings (SSSR count). The molecule has 0 bridgehead atoms. The maximum absolute atomic E-state index is 10.6. The third-order valence-electron chi connectivity index (χ3n) is 0.840. The molecule has 0 saturated heterocycles. The van der Waals surface area contributed by atoms with E-state index in [0.717, 1.165) is 0 Å². The van der Waals surface area contributed by atoms with Gasteiger partial charge >= 0.3 is 10.4 Å². The Kier molecular flexibility index (Phi) is 4.58. The van der Waals surface area contributed by atoms with Gasteiger partial charge in [0.25, 0.3) is 0 Å². The van der Waals surface area contributed by atoms with Crippen LogP contribution in [0.2, 0.25) is 0 Å². The molecule has 6 heteroatoms. The largest absolute Gasteiger partial charge is 0.402 e. The summed E-state index contributed by atoms with van der Waals surface area (Å²) < 4.78 is 29.5. The number of hydrogen-bond acceptors (Lipinski definition) is 5. The minimum Gasteiger partial charge on any atom is -0.367 e. The van der Waals surface area contributed by atoms with Crippen molar-refractivity contribution < 1.29 is 21.9 Å². The Bertz CT molecular complexity index is 185. The van der Waals surface area contributed by atoms with Crippen molar-refractivity contribution in [2.45, 2.75) is 26.6 Å². The highest BCUT2D eigenvalue weighted by atomic mass is 32.3. The molecule has 11 heavy (non-hydrogen) atoms. The van der Waals surface area contributed by atoms with Gasteiger partial charge in [-0.15, -0.1) is 0 Å². The molecule has 1 unspecified atom stereocenters. The van der Waals surface area contributed by atoms with Crippen LogP contribution in [0, 0.1) is 0 Å². The van der Waals surface area contributed by atoms with Crippen LogP contribution in [0.3, 0.4) is 0 Å². The molecule has 0 aliphatic rings. The molecule has 0 spiro atoms. The Morgan fingerprint density at radius 1 is 1.45 bits per heavy atom. The summed E-state index contributed by atoms with van der Waals surface area (Å²) in [7, 11) is -3.99. The van der Waals surface area contributed by atoms with Crippen molar-refractivity contribution in [3.63, 3.8) is 0 Å². The smallest absolute Gasteiger partial charge is 0.367 e. The van der Waals surface area contributed by atoms with Crippen molar-refractivity contribution >= 4 is 10.4 Å². The number of aliphatic hydroxyl groups excluding tert-OH is 1. The van der Waals surface area contributed by atoms with Gasteiger partial charge in [0.15, 0.2) is 6.29 Å². The summed E-state index contributed by atoms with van der Waals surface area (Å²) >= 11 is 0. The number of hydrogen-bond donors (Lipinski definition) is 1. The van der Waals surface area contributed by atoms with Gasteiger partial charge in [0.05, 0.1) is 6.61 Å². The van der Waals surface area contributed by atoms with E-state index in [1.54, 1.807) is 6.92 Å². The van der Waals surface area contributed by atoms with E-state index in [1.165, 1.54) is 6.92 Å². The average molecular weight is 184 g/mol. The van der Waals surface area contributed by atoms with E-state index in [1.807, 2.05) is 0 Å². The second-order valence-corrected chi connectivity index (χ2v) is 3.02. The Balaban J connectivity index is 3.92. The Hall–Kier alpha value is -0.170. The van der Waals surface area contributed by atoms with Crippen LogP contribution < -0.4 is 0 Å². The quantitative estimate of drug-likeness (QED) is 0.609. The maximum atomic E-state index is 10.6. The van der Waals surface area contributed by atoms with Crippen LogP contribution in [0.1, 0.15) is 20.3 Å². The highest BCUT2D eigenvalue weighted by Crippen LogP contribution is 2.01. The van der Waals surface area contributed by atoms with Gasteiger partial charge in [-0.2, -0.15) is 8.42 Å². The molecule has 0 aliphatic carbocycles. The predicted molar refractivity (Wildman–Crippen MR) is 37.9 cm³/mol. The summed E-state index contributed by atoms with van der Waals surface area (Å²) in [6.07, 6.45) is -1.11. The first-order valence-corrected chi connectivity index (χ1v) is 4.61. The molecule has 0 amide bonds. The highest BCUT2D eigenvalue weighted by Gasteiger charge is 2.15. The van der Waals surface area contributed by atoms with Crippen molar-refractivity contribution in [3.05, 3.63) is 0 Å². The highest BCUT2D eigenvalue weighted by molar-refractivity contribution is 7.81. The fourth-order valence-corrected chi connectivity index (χ4v) is 1.13. The summed E-state index contributed by atoms with van der Waals surface area (Å²) in [6.45, 7) is 3.10. The lowest BCUT2D eigenvalue weighted by Gasteiger charge is -2.07. The minimum atomic E-state index is -3.99.